The summed E-state index contributed by atoms with van der Waals surface area (Å²) in [6, 6.07) is 8.36. The molecule has 1 unspecified atom stereocenters. The second kappa shape index (κ2) is 10.7. The van der Waals surface area contributed by atoms with Gasteiger partial charge in [-0.25, -0.2) is 13.9 Å². The molecule has 0 aromatic heterocycles. The first-order chi connectivity index (χ1) is 15.6. The van der Waals surface area contributed by atoms with Crippen molar-refractivity contribution in [1.29, 1.82) is 0 Å². The van der Waals surface area contributed by atoms with Crippen LogP contribution in [0.4, 0.5) is 26.3 Å². The van der Waals surface area contributed by atoms with Crippen LogP contribution in [-0.2, 0) is 16.1 Å². The van der Waals surface area contributed by atoms with Crippen molar-refractivity contribution in [3.63, 3.8) is 0 Å². The maximum atomic E-state index is 13.7. The van der Waals surface area contributed by atoms with E-state index in [9.17, 15) is 36.2 Å². The van der Waals surface area contributed by atoms with Crippen molar-refractivity contribution in [2.45, 2.75) is 39.3 Å². The Morgan fingerprint density at radius 2 is 1.62 bits per heavy atom. The summed E-state index contributed by atoms with van der Waals surface area (Å²) in [7, 11) is 0. The van der Waals surface area contributed by atoms with E-state index in [0.717, 1.165) is 12.1 Å². The Labute approximate surface area is 199 Å². The van der Waals surface area contributed by atoms with Gasteiger partial charge < -0.3 is 14.6 Å². The minimum absolute atomic E-state index is 0.0584. The summed E-state index contributed by atoms with van der Waals surface area (Å²) in [5.74, 6) is -2.23. The molecular weight excluding hydrogens is 517 g/mol. The second-order valence-electron chi connectivity index (χ2n) is 6.89. The molecule has 0 amide bonds. The highest BCUT2D eigenvalue weighted by Gasteiger charge is 2.51. The van der Waals surface area contributed by atoms with Gasteiger partial charge >= 0.3 is 24.8 Å². The van der Waals surface area contributed by atoms with Gasteiger partial charge in [0.2, 0.25) is 0 Å². The summed E-state index contributed by atoms with van der Waals surface area (Å²) in [5, 5.41) is 8.26. The van der Waals surface area contributed by atoms with Gasteiger partial charge in [0, 0.05) is 12.1 Å². The average molecular weight is 533 g/mol. The van der Waals surface area contributed by atoms with Crippen molar-refractivity contribution in [3.05, 3.63) is 63.1 Å². The van der Waals surface area contributed by atoms with Gasteiger partial charge in [0.15, 0.2) is 5.75 Å². The number of rotatable bonds is 9. The van der Waals surface area contributed by atoms with Crippen molar-refractivity contribution in [1.82, 2.24) is 0 Å². The standard InChI is InChI=1S/C21H16Cl2F6O5/c1-10(2)16(18(30)31)13-6-4-3-5-11(13)9-32-12-7-14(22)17(15(23)8-12)33-20(25,26)19(24)34-21(27,28)29/h3-8,19H,9H2,1-2H3,(H,30,31). The van der Waals surface area contributed by atoms with E-state index in [1.165, 1.54) is 0 Å². The number of alkyl halides is 6. The molecule has 5 nitrogen and oxygen atoms in total. The second-order valence-corrected chi connectivity index (χ2v) is 7.70. The van der Waals surface area contributed by atoms with Crippen molar-refractivity contribution < 1.29 is 50.5 Å². The summed E-state index contributed by atoms with van der Waals surface area (Å²) >= 11 is 11.7. The molecule has 0 saturated carbocycles. The van der Waals surface area contributed by atoms with Crippen LogP contribution in [0.3, 0.4) is 0 Å². The zero-order valence-electron chi connectivity index (χ0n) is 17.4. The number of ether oxygens (including phenoxy) is 3. The molecule has 0 spiro atoms. The Morgan fingerprint density at radius 3 is 2.12 bits per heavy atom. The molecule has 0 radical (unpaired) electrons. The summed E-state index contributed by atoms with van der Waals surface area (Å²) < 4.78 is 88.8. The largest absolute Gasteiger partial charge is 0.525 e. The maximum absolute atomic E-state index is 13.7. The molecule has 0 saturated heterocycles. The molecule has 0 aliphatic heterocycles. The van der Waals surface area contributed by atoms with E-state index < -0.39 is 40.6 Å². The fourth-order valence-electron chi connectivity index (χ4n) is 2.74. The quantitative estimate of drug-likeness (QED) is 0.272. The van der Waals surface area contributed by atoms with E-state index in [-0.39, 0.29) is 17.9 Å². The van der Waals surface area contributed by atoms with E-state index in [2.05, 4.69) is 9.47 Å². The minimum atomic E-state index is -5.68. The third-order valence-corrected chi connectivity index (χ3v) is 4.67. The zero-order chi connectivity index (χ0) is 25.8. The number of allylic oxidation sites excluding steroid dienone is 1. The van der Waals surface area contributed by atoms with Crippen molar-refractivity contribution >= 4 is 34.7 Å². The van der Waals surface area contributed by atoms with Crippen molar-refractivity contribution in [2.75, 3.05) is 0 Å². The van der Waals surface area contributed by atoms with Crippen LogP contribution in [0.1, 0.15) is 25.0 Å². The molecular formula is C21H16Cl2F6O5. The molecule has 0 fully saturated rings. The Balaban J connectivity index is 2.25. The lowest BCUT2D eigenvalue weighted by Crippen LogP contribution is -2.41. The number of aliphatic carboxylic acids is 1. The van der Waals surface area contributed by atoms with Gasteiger partial charge in [-0.05, 0) is 25.0 Å². The smallest absolute Gasteiger partial charge is 0.489 e. The summed E-state index contributed by atoms with van der Waals surface area (Å²) in [4.78, 5) is 11.6. The van der Waals surface area contributed by atoms with Gasteiger partial charge in [-0.1, -0.05) is 53.0 Å². The van der Waals surface area contributed by atoms with Crippen molar-refractivity contribution in [2.24, 2.45) is 0 Å². The van der Waals surface area contributed by atoms with Crippen LogP contribution in [0.5, 0.6) is 11.5 Å². The Bertz CT molecular complexity index is 1060. The lowest BCUT2D eigenvalue weighted by Gasteiger charge is -2.23. The predicted molar refractivity (Wildman–Crippen MR) is 111 cm³/mol. The SMILES string of the molecule is CC(C)=C(C(=O)O)c1ccccc1COc1cc(Cl)c(OC(F)(F)C(F)OC(F)(F)F)c(Cl)c1. The van der Waals surface area contributed by atoms with Crippen LogP contribution in [-0.4, -0.2) is 29.9 Å². The number of carboxylic acid groups (broad SMARTS) is 1. The molecule has 2 aromatic carbocycles. The van der Waals surface area contributed by atoms with Gasteiger partial charge in [-0.3, -0.25) is 0 Å². The normalized spacial score (nSPS) is 12.8. The number of hydrogen-bond donors (Lipinski definition) is 1. The average Bonchev–Trinajstić information content (AvgIpc) is 2.68. The maximum Gasteiger partial charge on any atom is 0.525 e. The van der Waals surface area contributed by atoms with Gasteiger partial charge in [0.1, 0.15) is 12.4 Å². The van der Waals surface area contributed by atoms with Crippen molar-refractivity contribution in [3.8, 4) is 11.5 Å². The van der Waals surface area contributed by atoms with Crippen LogP contribution in [0.25, 0.3) is 5.57 Å². The van der Waals surface area contributed by atoms with Gasteiger partial charge in [0.25, 0.3) is 0 Å². The Morgan fingerprint density at radius 1 is 1.06 bits per heavy atom. The van der Waals surface area contributed by atoms with Gasteiger partial charge in [-0.2, -0.15) is 8.78 Å². The van der Waals surface area contributed by atoms with Crippen LogP contribution >= 0.6 is 23.2 Å². The Kier molecular flexibility index (Phi) is 8.73. The number of halogens is 8. The van der Waals surface area contributed by atoms with E-state index in [4.69, 9.17) is 27.9 Å². The molecule has 0 bridgehead atoms. The van der Waals surface area contributed by atoms with E-state index >= 15 is 0 Å². The highest BCUT2D eigenvalue weighted by Crippen LogP contribution is 2.41. The topological polar surface area (TPSA) is 65.0 Å². The first-order valence-corrected chi connectivity index (χ1v) is 9.94. The molecule has 0 aliphatic carbocycles. The van der Waals surface area contributed by atoms with Crippen LogP contribution in [0.2, 0.25) is 10.0 Å². The van der Waals surface area contributed by atoms with Crippen LogP contribution < -0.4 is 9.47 Å². The molecule has 0 heterocycles. The molecule has 0 aliphatic rings. The minimum Gasteiger partial charge on any atom is -0.489 e. The zero-order valence-corrected chi connectivity index (χ0v) is 18.9. The van der Waals surface area contributed by atoms with Gasteiger partial charge in [0.05, 0.1) is 15.6 Å². The molecule has 34 heavy (non-hydrogen) atoms. The number of carboxylic acids is 1. The van der Waals surface area contributed by atoms with E-state index in [1.807, 2.05) is 0 Å². The highest BCUT2D eigenvalue weighted by molar-refractivity contribution is 6.37. The molecule has 1 N–H and O–H groups in total. The third-order valence-electron chi connectivity index (χ3n) is 4.11. The first-order valence-electron chi connectivity index (χ1n) is 9.18. The lowest BCUT2D eigenvalue weighted by atomic mass is 9.97. The first kappa shape index (κ1) is 27.6. The molecule has 2 rings (SSSR count). The van der Waals surface area contributed by atoms with Gasteiger partial charge in [-0.15, -0.1) is 13.2 Å². The van der Waals surface area contributed by atoms with Crippen LogP contribution in [0, 0.1) is 0 Å². The summed E-state index contributed by atoms with van der Waals surface area (Å²) in [6.45, 7) is 3.06. The molecule has 13 heteroatoms. The Hall–Kier alpha value is -2.63. The van der Waals surface area contributed by atoms with E-state index in [1.54, 1.807) is 38.1 Å². The molecule has 1 atom stereocenters. The number of hydrogen-bond acceptors (Lipinski definition) is 4. The van der Waals surface area contributed by atoms with E-state index in [0.29, 0.717) is 16.7 Å². The molecule has 186 valence electrons. The fraction of sp³-hybridized carbons (Fsp3) is 0.286. The lowest BCUT2D eigenvalue weighted by molar-refractivity contribution is -0.411. The monoisotopic (exact) mass is 532 g/mol. The third kappa shape index (κ3) is 7.18. The predicted octanol–water partition coefficient (Wildman–Crippen LogP) is 7.25. The summed E-state index contributed by atoms with van der Waals surface area (Å²) in [5.41, 5.74) is 1.44. The molecule has 2 aromatic rings. The summed E-state index contributed by atoms with van der Waals surface area (Å²) in [6.07, 6.45) is -15.0. The van der Waals surface area contributed by atoms with Crippen LogP contribution in [0.15, 0.2) is 42.0 Å². The highest BCUT2D eigenvalue weighted by atomic mass is 35.5. The number of benzene rings is 2. The number of carbonyl (C=O) groups is 1. The fourth-order valence-corrected chi connectivity index (χ4v) is 3.28.